The zero-order valence-electron chi connectivity index (χ0n) is 9.42. The van der Waals surface area contributed by atoms with Crippen molar-refractivity contribution in [3.8, 4) is 0 Å². The first-order valence-corrected chi connectivity index (χ1v) is 5.49. The molecule has 1 saturated heterocycles. The molecule has 0 atom stereocenters. The molecule has 0 aromatic heterocycles. The number of rotatable bonds is 1. The molecule has 0 bridgehead atoms. The molecule has 1 aliphatic rings. The molecule has 2 rings (SSSR count). The lowest BCUT2D eigenvalue weighted by molar-refractivity contribution is -0.0679. The molecule has 1 heterocycles. The van der Waals surface area contributed by atoms with Gasteiger partial charge in [-0.3, -0.25) is 0 Å². The standard InChI is InChI=1S/C13H18O2/c1-10-7-11(2)9-12(8-10)13(14)3-5-15-6-4-13/h7-9,14H,3-6H2,1-2H3. The monoisotopic (exact) mass is 206 g/mol. The summed E-state index contributed by atoms with van der Waals surface area (Å²) in [7, 11) is 0. The second-order valence-corrected chi connectivity index (χ2v) is 4.52. The van der Waals surface area contributed by atoms with Crippen molar-refractivity contribution in [1.29, 1.82) is 0 Å². The Morgan fingerprint density at radius 2 is 1.60 bits per heavy atom. The largest absolute Gasteiger partial charge is 0.385 e. The van der Waals surface area contributed by atoms with Crippen LogP contribution in [0.4, 0.5) is 0 Å². The Hall–Kier alpha value is -0.860. The molecule has 0 saturated carbocycles. The van der Waals surface area contributed by atoms with Gasteiger partial charge in [0, 0.05) is 26.1 Å². The lowest BCUT2D eigenvalue weighted by Gasteiger charge is -2.33. The van der Waals surface area contributed by atoms with Crippen LogP contribution in [0.1, 0.15) is 29.5 Å². The van der Waals surface area contributed by atoms with Crippen LogP contribution in [0, 0.1) is 13.8 Å². The zero-order valence-corrected chi connectivity index (χ0v) is 9.42. The predicted molar refractivity (Wildman–Crippen MR) is 59.9 cm³/mol. The van der Waals surface area contributed by atoms with Crippen molar-refractivity contribution in [2.24, 2.45) is 0 Å². The first-order chi connectivity index (χ1) is 7.10. The van der Waals surface area contributed by atoms with Gasteiger partial charge in [-0.25, -0.2) is 0 Å². The van der Waals surface area contributed by atoms with Crippen LogP contribution >= 0.6 is 0 Å². The summed E-state index contributed by atoms with van der Waals surface area (Å²) in [4.78, 5) is 0. The van der Waals surface area contributed by atoms with E-state index in [2.05, 4.69) is 32.0 Å². The van der Waals surface area contributed by atoms with Crippen LogP contribution in [0.5, 0.6) is 0 Å². The van der Waals surface area contributed by atoms with Gasteiger partial charge in [0.1, 0.15) is 0 Å². The number of hydrogen-bond acceptors (Lipinski definition) is 2. The molecule has 1 N–H and O–H groups in total. The van der Waals surface area contributed by atoms with Gasteiger partial charge in [0.15, 0.2) is 0 Å². The lowest BCUT2D eigenvalue weighted by Crippen LogP contribution is -2.33. The van der Waals surface area contributed by atoms with E-state index in [9.17, 15) is 5.11 Å². The van der Waals surface area contributed by atoms with Gasteiger partial charge < -0.3 is 9.84 Å². The van der Waals surface area contributed by atoms with Crippen LogP contribution in [-0.2, 0) is 10.3 Å². The van der Waals surface area contributed by atoms with E-state index in [1.807, 2.05) is 0 Å². The van der Waals surface area contributed by atoms with Crippen LogP contribution in [0.2, 0.25) is 0 Å². The zero-order chi connectivity index (χ0) is 10.9. The fourth-order valence-electron chi connectivity index (χ4n) is 2.24. The van der Waals surface area contributed by atoms with Crippen LogP contribution in [0.3, 0.4) is 0 Å². The minimum absolute atomic E-state index is 0.656. The van der Waals surface area contributed by atoms with E-state index in [0.29, 0.717) is 26.1 Å². The fraction of sp³-hybridized carbons (Fsp3) is 0.538. The molecular weight excluding hydrogens is 188 g/mol. The summed E-state index contributed by atoms with van der Waals surface area (Å²) in [6, 6.07) is 6.29. The maximum Gasteiger partial charge on any atom is 0.0940 e. The molecule has 0 radical (unpaired) electrons. The van der Waals surface area contributed by atoms with Crippen molar-refractivity contribution < 1.29 is 9.84 Å². The topological polar surface area (TPSA) is 29.5 Å². The van der Waals surface area contributed by atoms with Crippen LogP contribution in [-0.4, -0.2) is 18.3 Å². The highest BCUT2D eigenvalue weighted by Gasteiger charge is 2.31. The maximum atomic E-state index is 10.5. The average Bonchev–Trinajstić information content (AvgIpc) is 2.17. The molecular formula is C13H18O2. The summed E-state index contributed by atoms with van der Waals surface area (Å²) in [5.41, 5.74) is 2.80. The minimum Gasteiger partial charge on any atom is -0.385 e. The molecule has 0 aliphatic carbocycles. The number of aryl methyl sites for hydroxylation is 2. The van der Waals surface area contributed by atoms with Crippen molar-refractivity contribution in [2.45, 2.75) is 32.3 Å². The SMILES string of the molecule is Cc1cc(C)cc(C2(O)CCOCC2)c1. The molecule has 15 heavy (non-hydrogen) atoms. The summed E-state index contributed by atoms with van der Waals surface area (Å²) in [6.45, 7) is 5.45. The van der Waals surface area contributed by atoms with Crippen LogP contribution in [0.25, 0.3) is 0 Å². The molecule has 1 fully saturated rings. The van der Waals surface area contributed by atoms with Crippen LogP contribution < -0.4 is 0 Å². The third-order valence-electron chi connectivity index (χ3n) is 3.08. The Bertz CT molecular complexity index is 331. The van der Waals surface area contributed by atoms with Gasteiger partial charge >= 0.3 is 0 Å². The van der Waals surface area contributed by atoms with Crippen molar-refractivity contribution in [3.05, 3.63) is 34.9 Å². The third kappa shape index (κ3) is 2.21. The highest BCUT2D eigenvalue weighted by molar-refractivity contribution is 5.32. The first kappa shape index (κ1) is 10.7. The molecule has 1 aromatic rings. The summed E-state index contributed by atoms with van der Waals surface area (Å²) in [5, 5.41) is 10.5. The average molecular weight is 206 g/mol. The van der Waals surface area contributed by atoms with E-state index in [0.717, 1.165) is 5.56 Å². The maximum absolute atomic E-state index is 10.5. The Labute approximate surface area is 90.9 Å². The molecule has 2 heteroatoms. The van der Waals surface area contributed by atoms with E-state index < -0.39 is 5.60 Å². The molecule has 0 spiro atoms. The number of hydrogen-bond donors (Lipinski definition) is 1. The number of ether oxygens (including phenoxy) is 1. The van der Waals surface area contributed by atoms with E-state index in [4.69, 9.17) is 4.74 Å². The second kappa shape index (κ2) is 3.95. The molecule has 82 valence electrons. The Morgan fingerprint density at radius 3 is 2.13 bits per heavy atom. The molecule has 2 nitrogen and oxygen atoms in total. The molecule has 0 unspecified atom stereocenters. The third-order valence-corrected chi connectivity index (χ3v) is 3.08. The quantitative estimate of drug-likeness (QED) is 0.764. The van der Waals surface area contributed by atoms with Crippen molar-refractivity contribution >= 4 is 0 Å². The van der Waals surface area contributed by atoms with Crippen LogP contribution in [0.15, 0.2) is 18.2 Å². The van der Waals surface area contributed by atoms with E-state index in [-0.39, 0.29) is 0 Å². The molecule has 1 aliphatic heterocycles. The van der Waals surface area contributed by atoms with E-state index in [1.54, 1.807) is 0 Å². The van der Waals surface area contributed by atoms with Gasteiger partial charge in [-0.1, -0.05) is 29.3 Å². The molecule has 0 amide bonds. The Balaban J connectivity index is 2.34. The van der Waals surface area contributed by atoms with Gasteiger partial charge in [-0.15, -0.1) is 0 Å². The predicted octanol–water partition coefficient (Wildman–Crippen LogP) is 2.30. The number of aliphatic hydroxyl groups is 1. The van der Waals surface area contributed by atoms with Crippen molar-refractivity contribution in [1.82, 2.24) is 0 Å². The highest BCUT2D eigenvalue weighted by atomic mass is 16.5. The molecule has 1 aromatic carbocycles. The van der Waals surface area contributed by atoms with Gasteiger partial charge in [0.05, 0.1) is 5.60 Å². The van der Waals surface area contributed by atoms with E-state index in [1.165, 1.54) is 11.1 Å². The second-order valence-electron chi connectivity index (χ2n) is 4.52. The van der Waals surface area contributed by atoms with Gasteiger partial charge in [0.25, 0.3) is 0 Å². The Morgan fingerprint density at radius 1 is 1.07 bits per heavy atom. The lowest BCUT2D eigenvalue weighted by atomic mass is 9.85. The summed E-state index contributed by atoms with van der Waals surface area (Å²) >= 11 is 0. The van der Waals surface area contributed by atoms with Crippen molar-refractivity contribution in [3.63, 3.8) is 0 Å². The smallest absolute Gasteiger partial charge is 0.0940 e. The van der Waals surface area contributed by atoms with E-state index >= 15 is 0 Å². The van der Waals surface area contributed by atoms with Gasteiger partial charge in [0.2, 0.25) is 0 Å². The minimum atomic E-state index is -0.672. The normalized spacial score (nSPS) is 20.2. The van der Waals surface area contributed by atoms with Crippen molar-refractivity contribution in [2.75, 3.05) is 13.2 Å². The summed E-state index contributed by atoms with van der Waals surface area (Å²) < 4.78 is 5.29. The first-order valence-electron chi connectivity index (χ1n) is 5.49. The summed E-state index contributed by atoms with van der Waals surface area (Å²) in [6.07, 6.45) is 1.41. The fourth-order valence-corrected chi connectivity index (χ4v) is 2.24. The summed E-state index contributed by atoms with van der Waals surface area (Å²) in [5.74, 6) is 0. The Kier molecular flexibility index (Phi) is 2.81. The highest BCUT2D eigenvalue weighted by Crippen LogP contribution is 2.32. The van der Waals surface area contributed by atoms with Gasteiger partial charge in [-0.2, -0.15) is 0 Å². The number of benzene rings is 1. The van der Waals surface area contributed by atoms with Gasteiger partial charge in [-0.05, 0) is 19.4 Å².